The van der Waals surface area contributed by atoms with Crippen LogP contribution in [-0.2, 0) is 13.6 Å². The van der Waals surface area contributed by atoms with Crippen molar-refractivity contribution in [3.05, 3.63) is 16.4 Å². The van der Waals surface area contributed by atoms with Crippen molar-refractivity contribution in [2.45, 2.75) is 19.0 Å². The van der Waals surface area contributed by atoms with Crippen LogP contribution in [0.15, 0.2) is 10.7 Å². The van der Waals surface area contributed by atoms with E-state index in [2.05, 4.69) is 32.4 Å². The molecule has 1 saturated heterocycles. The highest BCUT2D eigenvalue weighted by atomic mass is 79.9. The Hall–Kier alpha value is -0.0000000000000000555. The number of hydrogen-bond acceptors (Lipinski definition) is 3. The van der Waals surface area contributed by atoms with Gasteiger partial charge < -0.3 is 5.32 Å². The summed E-state index contributed by atoms with van der Waals surface area (Å²) < 4.78 is 2.83. The van der Waals surface area contributed by atoms with Crippen molar-refractivity contribution in [1.29, 1.82) is 0 Å². The van der Waals surface area contributed by atoms with Gasteiger partial charge in [0.15, 0.2) is 0 Å². The third-order valence-corrected chi connectivity index (χ3v) is 4.00. The summed E-state index contributed by atoms with van der Waals surface area (Å²) in [6, 6.07) is 2.75. The topological polar surface area (TPSA) is 29.9 Å². The third-order valence-electron chi connectivity index (χ3n) is 2.45. The predicted octanol–water partition coefficient (Wildman–Crippen LogP) is 1.78. The summed E-state index contributed by atoms with van der Waals surface area (Å²) in [6.45, 7) is 0.917. The molecular formula is C9H14BrN3S. The largest absolute Gasteiger partial charge is 0.308 e. The number of aryl methyl sites for hydroxylation is 1. The van der Waals surface area contributed by atoms with Gasteiger partial charge in [0.1, 0.15) is 4.60 Å². The number of rotatable bonds is 3. The highest BCUT2D eigenvalue weighted by Crippen LogP contribution is 2.17. The van der Waals surface area contributed by atoms with Crippen LogP contribution in [0.4, 0.5) is 0 Å². The van der Waals surface area contributed by atoms with Crippen LogP contribution in [0.25, 0.3) is 0 Å². The van der Waals surface area contributed by atoms with Crippen LogP contribution in [0.5, 0.6) is 0 Å². The zero-order valence-corrected chi connectivity index (χ0v) is 10.6. The SMILES string of the molecule is Cn1nc(Br)cc1CNC1CCSC1. The summed E-state index contributed by atoms with van der Waals surface area (Å²) in [5.74, 6) is 2.55. The summed E-state index contributed by atoms with van der Waals surface area (Å²) >= 11 is 5.41. The Morgan fingerprint density at radius 1 is 1.79 bits per heavy atom. The molecule has 5 heteroatoms. The van der Waals surface area contributed by atoms with E-state index in [1.54, 1.807) is 0 Å². The average molecular weight is 276 g/mol. The van der Waals surface area contributed by atoms with Gasteiger partial charge in [-0.2, -0.15) is 16.9 Å². The van der Waals surface area contributed by atoms with Crippen LogP contribution in [-0.4, -0.2) is 27.3 Å². The Morgan fingerprint density at radius 3 is 3.21 bits per heavy atom. The zero-order valence-electron chi connectivity index (χ0n) is 8.16. The standard InChI is InChI=1S/C9H14BrN3S/c1-13-8(4-9(10)12-13)5-11-7-2-3-14-6-7/h4,7,11H,2-3,5-6H2,1H3. The van der Waals surface area contributed by atoms with E-state index in [-0.39, 0.29) is 0 Å². The highest BCUT2D eigenvalue weighted by molar-refractivity contribution is 9.10. The van der Waals surface area contributed by atoms with Crippen LogP contribution >= 0.6 is 27.7 Å². The molecule has 3 nitrogen and oxygen atoms in total. The number of nitrogens with one attached hydrogen (secondary N) is 1. The quantitative estimate of drug-likeness (QED) is 0.912. The Bertz CT molecular complexity index is 307. The fraction of sp³-hybridized carbons (Fsp3) is 0.667. The first-order valence-corrected chi connectivity index (χ1v) is 6.70. The van der Waals surface area contributed by atoms with Crippen LogP contribution in [0.1, 0.15) is 12.1 Å². The molecule has 1 fully saturated rings. The fourth-order valence-corrected chi connectivity index (χ4v) is 3.27. The lowest BCUT2D eigenvalue weighted by atomic mass is 10.2. The monoisotopic (exact) mass is 275 g/mol. The number of halogens is 1. The molecule has 1 aromatic rings. The number of aromatic nitrogens is 2. The molecule has 0 spiro atoms. The van der Waals surface area contributed by atoms with Crippen molar-refractivity contribution in [2.75, 3.05) is 11.5 Å². The first kappa shape index (κ1) is 10.5. The van der Waals surface area contributed by atoms with Gasteiger partial charge in [-0.25, -0.2) is 0 Å². The van der Waals surface area contributed by atoms with Crippen molar-refractivity contribution in [1.82, 2.24) is 15.1 Å². The lowest BCUT2D eigenvalue weighted by molar-refractivity contribution is 0.536. The molecule has 2 heterocycles. The first-order valence-electron chi connectivity index (χ1n) is 4.75. The van der Waals surface area contributed by atoms with Crippen LogP contribution in [0, 0.1) is 0 Å². The second-order valence-electron chi connectivity index (χ2n) is 3.52. The second kappa shape index (κ2) is 4.68. The maximum atomic E-state index is 4.24. The third kappa shape index (κ3) is 2.52. The molecule has 1 N–H and O–H groups in total. The van der Waals surface area contributed by atoms with Gasteiger partial charge in [-0.05, 0) is 34.2 Å². The minimum absolute atomic E-state index is 0.689. The van der Waals surface area contributed by atoms with E-state index in [1.165, 1.54) is 23.6 Å². The van der Waals surface area contributed by atoms with E-state index in [9.17, 15) is 0 Å². The smallest absolute Gasteiger partial charge is 0.128 e. The van der Waals surface area contributed by atoms with E-state index in [4.69, 9.17) is 0 Å². The maximum absolute atomic E-state index is 4.24. The molecular weight excluding hydrogens is 262 g/mol. The minimum atomic E-state index is 0.689. The molecule has 1 atom stereocenters. The Morgan fingerprint density at radius 2 is 2.64 bits per heavy atom. The van der Waals surface area contributed by atoms with Crippen molar-refractivity contribution < 1.29 is 0 Å². The van der Waals surface area contributed by atoms with Gasteiger partial charge in [-0.1, -0.05) is 0 Å². The Labute approximate surface area is 96.8 Å². The van der Waals surface area contributed by atoms with E-state index in [0.717, 1.165) is 11.1 Å². The molecule has 1 aliphatic heterocycles. The molecule has 0 aromatic carbocycles. The van der Waals surface area contributed by atoms with Crippen LogP contribution in [0.3, 0.4) is 0 Å². The van der Waals surface area contributed by atoms with E-state index in [0.29, 0.717) is 6.04 Å². The molecule has 1 aliphatic rings. The summed E-state index contributed by atoms with van der Waals surface area (Å²) in [5, 5.41) is 7.79. The molecule has 14 heavy (non-hydrogen) atoms. The molecule has 0 amide bonds. The molecule has 78 valence electrons. The van der Waals surface area contributed by atoms with Crippen molar-refractivity contribution >= 4 is 27.7 Å². The molecule has 0 saturated carbocycles. The minimum Gasteiger partial charge on any atom is -0.308 e. The first-order chi connectivity index (χ1) is 6.75. The Kier molecular flexibility index (Phi) is 3.52. The normalized spacial score (nSPS) is 21.7. The van der Waals surface area contributed by atoms with E-state index < -0.39 is 0 Å². The van der Waals surface area contributed by atoms with Gasteiger partial charge in [0, 0.05) is 25.4 Å². The second-order valence-corrected chi connectivity index (χ2v) is 5.49. The van der Waals surface area contributed by atoms with Gasteiger partial charge in [0.05, 0.1) is 5.69 Å². The fourth-order valence-electron chi connectivity index (χ4n) is 1.58. The number of thioether (sulfide) groups is 1. The van der Waals surface area contributed by atoms with Crippen LogP contribution in [0.2, 0.25) is 0 Å². The molecule has 0 aliphatic carbocycles. The molecule has 0 radical (unpaired) electrons. The summed E-state index contributed by atoms with van der Waals surface area (Å²) in [7, 11) is 1.98. The lowest BCUT2D eigenvalue weighted by Gasteiger charge is -2.10. The summed E-state index contributed by atoms with van der Waals surface area (Å²) in [4.78, 5) is 0. The van der Waals surface area contributed by atoms with E-state index >= 15 is 0 Å². The molecule has 2 rings (SSSR count). The van der Waals surface area contributed by atoms with Crippen molar-refractivity contribution in [2.24, 2.45) is 7.05 Å². The van der Waals surface area contributed by atoms with Gasteiger partial charge in [0.2, 0.25) is 0 Å². The van der Waals surface area contributed by atoms with E-state index in [1.807, 2.05) is 23.5 Å². The van der Waals surface area contributed by atoms with Gasteiger partial charge in [0.25, 0.3) is 0 Å². The van der Waals surface area contributed by atoms with Gasteiger partial charge in [-0.15, -0.1) is 0 Å². The zero-order chi connectivity index (χ0) is 9.97. The van der Waals surface area contributed by atoms with Gasteiger partial charge in [-0.3, -0.25) is 4.68 Å². The summed E-state index contributed by atoms with van der Waals surface area (Å²) in [6.07, 6.45) is 1.30. The average Bonchev–Trinajstić information content (AvgIpc) is 2.72. The van der Waals surface area contributed by atoms with Crippen molar-refractivity contribution in [3.63, 3.8) is 0 Å². The Balaban J connectivity index is 1.87. The molecule has 1 unspecified atom stereocenters. The van der Waals surface area contributed by atoms with Crippen molar-refractivity contribution in [3.8, 4) is 0 Å². The number of hydrogen-bond donors (Lipinski definition) is 1. The van der Waals surface area contributed by atoms with Gasteiger partial charge >= 0.3 is 0 Å². The highest BCUT2D eigenvalue weighted by Gasteiger charge is 2.15. The molecule has 1 aromatic heterocycles. The summed E-state index contributed by atoms with van der Waals surface area (Å²) in [5.41, 5.74) is 1.23. The number of nitrogens with zero attached hydrogens (tertiary/aromatic N) is 2. The predicted molar refractivity (Wildman–Crippen MR) is 63.5 cm³/mol. The lowest BCUT2D eigenvalue weighted by Crippen LogP contribution is -2.28. The molecule has 0 bridgehead atoms. The van der Waals surface area contributed by atoms with Crippen LogP contribution < -0.4 is 5.32 Å². The maximum Gasteiger partial charge on any atom is 0.128 e.